The highest BCUT2D eigenvalue weighted by atomic mass is 16.3. The first-order valence-corrected chi connectivity index (χ1v) is 6.70. The summed E-state index contributed by atoms with van der Waals surface area (Å²) in [6.45, 7) is 0.893. The van der Waals surface area contributed by atoms with Gasteiger partial charge in [0.1, 0.15) is 0 Å². The van der Waals surface area contributed by atoms with E-state index in [-0.39, 0.29) is 11.8 Å². The Morgan fingerprint density at radius 2 is 2.00 bits per heavy atom. The molecule has 0 aliphatic carbocycles. The van der Waals surface area contributed by atoms with E-state index in [9.17, 15) is 4.79 Å². The van der Waals surface area contributed by atoms with E-state index in [0.717, 1.165) is 11.1 Å². The lowest BCUT2D eigenvalue weighted by molar-refractivity contribution is -0.134. The maximum atomic E-state index is 12.4. The Labute approximate surface area is 119 Å². The van der Waals surface area contributed by atoms with Crippen molar-refractivity contribution in [2.45, 2.75) is 13.0 Å². The van der Waals surface area contributed by atoms with Crippen LogP contribution in [0.1, 0.15) is 11.1 Å². The first kappa shape index (κ1) is 14.3. The summed E-state index contributed by atoms with van der Waals surface area (Å²) < 4.78 is 5.01. The largest absolute Gasteiger partial charge is 0.472 e. The molecule has 2 rings (SSSR count). The van der Waals surface area contributed by atoms with Crippen LogP contribution in [0.15, 0.2) is 53.3 Å². The fourth-order valence-corrected chi connectivity index (χ4v) is 2.22. The van der Waals surface area contributed by atoms with Crippen LogP contribution in [0.4, 0.5) is 0 Å². The zero-order valence-corrected chi connectivity index (χ0v) is 11.7. The van der Waals surface area contributed by atoms with Gasteiger partial charge in [-0.15, -0.1) is 0 Å². The minimum Gasteiger partial charge on any atom is -0.472 e. The number of hydrogen-bond acceptors (Lipinski definition) is 3. The lowest BCUT2D eigenvalue weighted by Gasteiger charge is -2.22. The lowest BCUT2D eigenvalue weighted by atomic mass is 9.98. The summed E-state index contributed by atoms with van der Waals surface area (Å²) in [6.07, 6.45) is 3.93. The third kappa shape index (κ3) is 3.71. The molecule has 2 N–H and O–H groups in total. The van der Waals surface area contributed by atoms with E-state index in [1.165, 1.54) is 0 Å². The first-order chi connectivity index (χ1) is 9.70. The molecule has 0 aliphatic rings. The maximum Gasteiger partial charge on any atom is 0.227 e. The van der Waals surface area contributed by atoms with Crippen LogP contribution in [0.3, 0.4) is 0 Å². The minimum absolute atomic E-state index is 0.0672. The number of hydrogen-bond donors (Lipinski definition) is 1. The number of amides is 1. The molecule has 1 aromatic heterocycles. The standard InChI is InChI=1S/C16H20N2O2/c1-18(11-14-7-8-20-12-14)16(19)15(10-17)9-13-5-3-2-4-6-13/h2-8,12,15H,9-11,17H2,1H3. The molecule has 1 heterocycles. The van der Waals surface area contributed by atoms with Crippen molar-refractivity contribution in [1.82, 2.24) is 4.90 Å². The molecule has 0 saturated heterocycles. The number of carbonyl (C=O) groups is 1. The van der Waals surface area contributed by atoms with Gasteiger partial charge in [0.25, 0.3) is 0 Å². The van der Waals surface area contributed by atoms with E-state index in [2.05, 4.69) is 0 Å². The van der Waals surface area contributed by atoms with Crippen LogP contribution in [0.5, 0.6) is 0 Å². The summed E-state index contributed by atoms with van der Waals surface area (Å²) in [5.74, 6) is -0.119. The van der Waals surface area contributed by atoms with E-state index >= 15 is 0 Å². The van der Waals surface area contributed by atoms with Crippen molar-refractivity contribution in [2.75, 3.05) is 13.6 Å². The Bertz CT molecular complexity index is 523. The number of carbonyl (C=O) groups excluding carboxylic acids is 1. The van der Waals surface area contributed by atoms with Crippen molar-refractivity contribution in [3.63, 3.8) is 0 Å². The molecule has 106 valence electrons. The molecule has 4 heteroatoms. The van der Waals surface area contributed by atoms with Crippen molar-refractivity contribution >= 4 is 5.91 Å². The normalized spacial score (nSPS) is 12.1. The van der Waals surface area contributed by atoms with Crippen LogP contribution in [0.25, 0.3) is 0 Å². The van der Waals surface area contributed by atoms with E-state index < -0.39 is 0 Å². The quantitative estimate of drug-likeness (QED) is 0.875. The smallest absolute Gasteiger partial charge is 0.227 e. The summed E-state index contributed by atoms with van der Waals surface area (Å²) in [7, 11) is 1.79. The topological polar surface area (TPSA) is 59.5 Å². The zero-order valence-electron chi connectivity index (χ0n) is 11.7. The Hall–Kier alpha value is -2.07. The van der Waals surface area contributed by atoms with Crippen molar-refractivity contribution in [2.24, 2.45) is 11.7 Å². The SMILES string of the molecule is CN(Cc1ccoc1)C(=O)C(CN)Cc1ccccc1. The Morgan fingerprint density at radius 1 is 1.25 bits per heavy atom. The van der Waals surface area contributed by atoms with E-state index in [0.29, 0.717) is 19.5 Å². The number of furan rings is 1. The summed E-state index contributed by atoms with van der Waals surface area (Å²) in [5, 5.41) is 0. The van der Waals surface area contributed by atoms with Crippen LogP contribution in [-0.4, -0.2) is 24.4 Å². The second kappa shape index (κ2) is 6.91. The fraction of sp³-hybridized carbons (Fsp3) is 0.312. The molecule has 0 aliphatic heterocycles. The minimum atomic E-state index is -0.186. The fourth-order valence-electron chi connectivity index (χ4n) is 2.22. The third-order valence-corrected chi connectivity index (χ3v) is 3.33. The molecular weight excluding hydrogens is 252 g/mol. The number of nitrogens with zero attached hydrogens (tertiary/aromatic N) is 1. The Balaban J connectivity index is 1.97. The molecular formula is C16H20N2O2. The highest BCUT2D eigenvalue weighted by molar-refractivity contribution is 5.79. The summed E-state index contributed by atoms with van der Waals surface area (Å²) in [5.41, 5.74) is 7.88. The number of nitrogens with two attached hydrogens (primary N) is 1. The first-order valence-electron chi connectivity index (χ1n) is 6.70. The zero-order chi connectivity index (χ0) is 14.4. The second-order valence-electron chi connectivity index (χ2n) is 4.95. The Morgan fingerprint density at radius 3 is 2.60 bits per heavy atom. The molecule has 20 heavy (non-hydrogen) atoms. The predicted octanol–water partition coefficient (Wildman–Crippen LogP) is 2.06. The van der Waals surface area contributed by atoms with Crippen LogP contribution >= 0.6 is 0 Å². The van der Waals surface area contributed by atoms with E-state index in [1.54, 1.807) is 24.5 Å². The summed E-state index contributed by atoms with van der Waals surface area (Å²) >= 11 is 0. The van der Waals surface area contributed by atoms with Crippen molar-refractivity contribution in [3.8, 4) is 0 Å². The van der Waals surface area contributed by atoms with Gasteiger partial charge in [-0.1, -0.05) is 30.3 Å². The second-order valence-corrected chi connectivity index (χ2v) is 4.95. The van der Waals surface area contributed by atoms with Crippen LogP contribution in [0, 0.1) is 5.92 Å². The van der Waals surface area contributed by atoms with Crippen molar-refractivity contribution in [1.29, 1.82) is 0 Å². The van der Waals surface area contributed by atoms with Gasteiger partial charge in [0.2, 0.25) is 5.91 Å². The molecule has 0 saturated carbocycles. The molecule has 0 spiro atoms. The summed E-state index contributed by atoms with van der Waals surface area (Å²) in [6, 6.07) is 11.8. The molecule has 0 bridgehead atoms. The Kier molecular flexibility index (Phi) is 4.96. The number of benzene rings is 1. The average molecular weight is 272 g/mol. The predicted molar refractivity (Wildman–Crippen MR) is 77.9 cm³/mol. The van der Waals surface area contributed by atoms with Gasteiger partial charge < -0.3 is 15.1 Å². The van der Waals surface area contributed by atoms with Crippen molar-refractivity contribution < 1.29 is 9.21 Å². The monoisotopic (exact) mass is 272 g/mol. The van der Waals surface area contributed by atoms with Gasteiger partial charge in [0.15, 0.2) is 0 Å². The molecule has 1 unspecified atom stereocenters. The van der Waals surface area contributed by atoms with Crippen LogP contribution in [0.2, 0.25) is 0 Å². The van der Waals surface area contributed by atoms with Gasteiger partial charge >= 0.3 is 0 Å². The van der Waals surface area contributed by atoms with Gasteiger partial charge in [-0.3, -0.25) is 4.79 Å². The maximum absolute atomic E-state index is 12.4. The molecule has 1 atom stereocenters. The average Bonchev–Trinajstić information content (AvgIpc) is 2.98. The van der Waals surface area contributed by atoms with Gasteiger partial charge in [0, 0.05) is 25.7 Å². The molecule has 0 radical (unpaired) electrons. The number of rotatable bonds is 6. The highest BCUT2D eigenvalue weighted by Crippen LogP contribution is 2.12. The molecule has 0 fully saturated rings. The van der Waals surface area contributed by atoms with Gasteiger partial charge in [-0.2, -0.15) is 0 Å². The summed E-state index contributed by atoms with van der Waals surface area (Å²) in [4.78, 5) is 14.1. The lowest BCUT2D eigenvalue weighted by Crippen LogP contribution is -2.37. The molecule has 1 amide bonds. The van der Waals surface area contributed by atoms with Crippen LogP contribution < -0.4 is 5.73 Å². The molecule has 4 nitrogen and oxygen atoms in total. The molecule has 2 aromatic rings. The molecule has 1 aromatic carbocycles. The van der Waals surface area contributed by atoms with Gasteiger partial charge in [-0.25, -0.2) is 0 Å². The highest BCUT2D eigenvalue weighted by Gasteiger charge is 2.21. The van der Waals surface area contributed by atoms with E-state index in [4.69, 9.17) is 10.2 Å². The van der Waals surface area contributed by atoms with Gasteiger partial charge in [-0.05, 0) is 18.1 Å². The van der Waals surface area contributed by atoms with Crippen LogP contribution in [-0.2, 0) is 17.8 Å². The third-order valence-electron chi connectivity index (χ3n) is 3.33. The van der Waals surface area contributed by atoms with Crippen molar-refractivity contribution in [3.05, 3.63) is 60.1 Å². The van der Waals surface area contributed by atoms with E-state index in [1.807, 2.05) is 36.4 Å². The van der Waals surface area contributed by atoms with Gasteiger partial charge in [0.05, 0.1) is 18.4 Å².